The predicted molar refractivity (Wildman–Crippen MR) is 83.5 cm³/mol. The first-order valence-corrected chi connectivity index (χ1v) is 8.41. The molecule has 1 heterocycles. The molecule has 0 amide bonds. The van der Waals surface area contributed by atoms with Crippen molar-refractivity contribution < 1.29 is 14.1 Å². The molecule has 4 rings (SSSR count). The highest BCUT2D eigenvalue weighted by Gasteiger charge is 2.24. The summed E-state index contributed by atoms with van der Waals surface area (Å²) in [6, 6.07) is 5.63. The number of aromatic nitrogens is 2. The number of rotatable bonds is 4. The highest BCUT2D eigenvalue weighted by atomic mass is 16.5. The van der Waals surface area contributed by atoms with Crippen LogP contribution in [0.15, 0.2) is 22.7 Å². The molecule has 5 nitrogen and oxygen atoms in total. The lowest BCUT2D eigenvalue weighted by Gasteiger charge is -2.17. The summed E-state index contributed by atoms with van der Waals surface area (Å²) in [5.74, 6) is 2.69. The maximum Gasteiger partial charge on any atom is 0.229 e. The summed E-state index contributed by atoms with van der Waals surface area (Å²) in [7, 11) is 0. The van der Waals surface area contributed by atoms with E-state index < -0.39 is 0 Å². The van der Waals surface area contributed by atoms with Gasteiger partial charge in [0.2, 0.25) is 11.7 Å². The molecule has 120 valence electrons. The fraction of sp³-hybridized carbons (Fsp3) is 0.500. The van der Waals surface area contributed by atoms with Gasteiger partial charge in [0, 0.05) is 23.5 Å². The van der Waals surface area contributed by atoms with Gasteiger partial charge in [0.05, 0.1) is 0 Å². The van der Waals surface area contributed by atoms with Crippen LogP contribution in [-0.4, -0.2) is 15.9 Å². The van der Waals surface area contributed by atoms with Crippen molar-refractivity contribution in [1.29, 1.82) is 0 Å². The Balaban J connectivity index is 1.44. The summed E-state index contributed by atoms with van der Waals surface area (Å²) in [5.41, 5.74) is 1.80. The lowest BCUT2D eigenvalue weighted by atomic mass is 9.89. The number of carbonyl (C=O) groups excluding carboxylic acids is 1. The number of nitrogens with zero attached hydrogens (tertiary/aromatic N) is 2. The zero-order valence-electron chi connectivity index (χ0n) is 13.1. The van der Waals surface area contributed by atoms with Crippen molar-refractivity contribution in [3.05, 3.63) is 41.0 Å². The molecule has 0 radical (unpaired) electrons. The van der Waals surface area contributed by atoms with Crippen LogP contribution in [-0.2, 0) is 13.0 Å². The molecule has 0 bridgehead atoms. The van der Waals surface area contributed by atoms with Crippen molar-refractivity contribution in [2.45, 2.75) is 57.5 Å². The van der Waals surface area contributed by atoms with E-state index in [1.807, 2.05) is 18.2 Å². The van der Waals surface area contributed by atoms with E-state index >= 15 is 0 Å². The van der Waals surface area contributed by atoms with Gasteiger partial charge < -0.3 is 9.26 Å². The topological polar surface area (TPSA) is 65.2 Å². The van der Waals surface area contributed by atoms with Gasteiger partial charge in [0.25, 0.3) is 0 Å². The normalized spacial score (nSPS) is 18.2. The molecule has 0 N–H and O–H groups in total. The third kappa shape index (κ3) is 2.87. The third-order valence-electron chi connectivity index (χ3n) is 4.83. The van der Waals surface area contributed by atoms with Gasteiger partial charge in [-0.1, -0.05) is 36.6 Å². The average molecular weight is 312 g/mol. The molecule has 0 spiro atoms. The van der Waals surface area contributed by atoms with Crippen molar-refractivity contribution in [3.8, 4) is 5.75 Å². The molecule has 1 saturated carbocycles. The van der Waals surface area contributed by atoms with E-state index in [9.17, 15) is 4.79 Å². The molecule has 1 aromatic carbocycles. The van der Waals surface area contributed by atoms with Gasteiger partial charge in [-0.15, -0.1) is 0 Å². The maximum absolute atomic E-state index is 11.8. The molecule has 1 fully saturated rings. The first kappa shape index (κ1) is 14.4. The van der Waals surface area contributed by atoms with Crippen LogP contribution < -0.4 is 4.74 Å². The van der Waals surface area contributed by atoms with Crippen molar-refractivity contribution in [2.24, 2.45) is 0 Å². The van der Waals surface area contributed by atoms with E-state index in [4.69, 9.17) is 9.26 Å². The molecule has 0 aliphatic heterocycles. The third-order valence-corrected chi connectivity index (χ3v) is 4.83. The standard InChI is InChI=1S/C18H20N2O3/c21-15-10-9-14-13(15)7-4-8-16(14)22-11-17-19-18(23-20-17)12-5-2-1-3-6-12/h4,7-8,12H,1-3,5-6,9-11H2. The Hall–Kier alpha value is -2.17. The van der Waals surface area contributed by atoms with E-state index in [1.165, 1.54) is 19.3 Å². The second-order valence-corrected chi connectivity index (χ2v) is 6.38. The van der Waals surface area contributed by atoms with Gasteiger partial charge in [-0.3, -0.25) is 4.79 Å². The predicted octanol–water partition coefficient (Wildman–Crippen LogP) is 3.83. The van der Waals surface area contributed by atoms with E-state index in [0.717, 1.165) is 42.0 Å². The number of ether oxygens (including phenoxy) is 1. The Bertz CT molecular complexity index is 717. The minimum atomic E-state index is 0.199. The number of hydrogen-bond acceptors (Lipinski definition) is 5. The van der Waals surface area contributed by atoms with Gasteiger partial charge in [-0.25, -0.2) is 0 Å². The van der Waals surface area contributed by atoms with Crippen molar-refractivity contribution in [2.75, 3.05) is 0 Å². The van der Waals surface area contributed by atoms with Gasteiger partial charge in [-0.2, -0.15) is 4.98 Å². The fourth-order valence-corrected chi connectivity index (χ4v) is 3.58. The number of fused-ring (bicyclic) bond motifs is 1. The quantitative estimate of drug-likeness (QED) is 0.858. The van der Waals surface area contributed by atoms with Gasteiger partial charge in [-0.05, 0) is 25.3 Å². The van der Waals surface area contributed by atoms with Gasteiger partial charge in [0.1, 0.15) is 5.75 Å². The minimum Gasteiger partial charge on any atom is -0.485 e. The van der Waals surface area contributed by atoms with Crippen LogP contribution in [0, 0.1) is 0 Å². The lowest BCUT2D eigenvalue weighted by molar-refractivity contribution is 0.0994. The summed E-state index contributed by atoms with van der Waals surface area (Å²) in [6.07, 6.45) is 7.38. The zero-order chi connectivity index (χ0) is 15.6. The van der Waals surface area contributed by atoms with Crippen LogP contribution in [0.25, 0.3) is 0 Å². The zero-order valence-corrected chi connectivity index (χ0v) is 13.1. The number of carbonyl (C=O) groups is 1. The number of hydrogen-bond donors (Lipinski definition) is 0. The Kier molecular flexibility index (Phi) is 3.85. The Morgan fingerprint density at radius 2 is 2.04 bits per heavy atom. The van der Waals surface area contributed by atoms with Crippen LogP contribution in [0.2, 0.25) is 0 Å². The SMILES string of the molecule is O=C1CCc2c(OCc3noc(C4CCCCC4)n3)cccc21. The Labute approximate surface area is 135 Å². The van der Waals surface area contributed by atoms with E-state index in [1.54, 1.807) is 0 Å². The van der Waals surface area contributed by atoms with Crippen molar-refractivity contribution >= 4 is 5.78 Å². The van der Waals surface area contributed by atoms with E-state index in [-0.39, 0.29) is 12.4 Å². The van der Waals surface area contributed by atoms with E-state index in [0.29, 0.717) is 18.2 Å². The second-order valence-electron chi connectivity index (χ2n) is 6.38. The van der Waals surface area contributed by atoms with Gasteiger partial charge >= 0.3 is 0 Å². The first-order valence-electron chi connectivity index (χ1n) is 8.41. The lowest BCUT2D eigenvalue weighted by Crippen LogP contribution is -2.05. The smallest absolute Gasteiger partial charge is 0.229 e. The number of ketones is 1. The van der Waals surface area contributed by atoms with Crippen molar-refractivity contribution in [1.82, 2.24) is 10.1 Å². The van der Waals surface area contributed by atoms with Crippen LogP contribution in [0.1, 0.15) is 72.1 Å². The van der Waals surface area contributed by atoms with Crippen LogP contribution in [0.5, 0.6) is 5.75 Å². The minimum absolute atomic E-state index is 0.199. The van der Waals surface area contributed by atoms with Crippen LogP contribution in [0.4, 0.5) is 0 Å². The summed E-state index contributed by atoms with van der Waals surface area (Å²) in [4.78, 5) is 16.3. The summed E-state index contributed by atoms with van der Waals surface area (Å²) in [6.45, 7) is 0.279. The van der Waals surface area contributed by atoms with Crippen LogP contribution >= 0.6 is 0 Å². The first-order chi connectivity index (χ1) is 11.3. The second kappa shape index (κ2) is 6.14. The summed E-state index contributed by atoms with van der Waals surface area (Å²) < 4.78 is 11.3. The maximum atomic E-state index is 11.8. The molecule has 23 heavy (non-hydrogen) atoms. The Morgan fingerprint density at radius 1 is 1.17 bits per heavy atom. The molecule has 1 aromatic heterocycles. The average Bonchev–Trinajstić information content (AvgIpc) is 3.22. The molecule has 2 aromatic rings. The van der Waals surface area contributed by atoms with E-state index in [2.05, 4.69) is 10.1 Å². The molecule has 2 aliphatic carbocycles. The molecule has 2 aliphatic rings. The molecule has 0 saturated heterocycles. The summed E-state index contributed by atoms with van der Waals surface area (Å²) in [5, 5.41) is 4.04. The Morgan fingerprint density at radius 3 is 2.91 bits per heavy atom. The highest BCUT2D eigenvalue weighted by molar-refractivity contribution is 6.01. The van der Waals surface area contributed by atoms with Gasteiger partial charge in [0.15, 0.2) is 12.4 Å². The number of benzene rings is 1. The largest absolute Gasteiger partial charge is 0.485 e. The number of Topliss-reactive ketones (excluding diaryl/α,β-unsaturated/α-hetero) is 1. The van der Waals surface area contributed by atoms with Crippen molar-refractivity contribution in [3.63, 3.8) is 0 Å². The molecular weight excluding hydrogens is 292 g/mol. The monoisotopic (exact) mass is 312 g/mol. The molecular formula is C18H20N2O3. The molecule has 5 heteroatoms. The molecule has 0 unspecified atom stereocenters. The molecule has 0 atom stereocenters. The van der Waals surface area contributed by atoms with Crippen LogP contribution in [0.3, 0.4) is 0 Å². The fourth-order valence-electron chi connectivity index (χ4n) is 3.58. The summed E-state index contributed by atoms with van der Waals surface area (Å²) >= 11 is 0. The highest BCUT2D eigenvalue weighted by Crippen LogP contribution is 2.32.